The minimum atomic E-state index is -2.14. The van der Waals surface area contributed by atoms with Crippen LogP contribution < -0.4 is 24.4 Å². The van der Waals surface area contributed by atoms with E-state index in [0.717, 1.165) is 24.3 Å². The fourth-order valence-electron chi connectivity index (χ4n) is 8.62. The maximum atomic E-state index is 13.4. The number of phenols is 3. The quantitative estimate of drug-likeness (QED) is 0.0291. The van der Waals surface area contributed by atoms with Crippen LogP contribution in [-0.2, 0) is 33.2 Å². The molecule has 0 radical (unpaired) electrons. The number of carbonyl (C=O) groups excluding carboxylic acids is 2. The van der Waals surface area contributed by atoms with Crippen LogP contribution in [0.1, 0.15) is 11.1 Å². The maximum absolute atomic E-state index is 13.4. The predicted molar refractivity (Wildman–Crippen MR) is 267 cm³/mol. The number of aromatic hydroxyl groups is 3. The van der Waals surface area contributed by atoms with E-state index in [4.69, 9.17) is 51.8 Å². The Morgan fingerprint density at radius 1 is 0.595 bits per heavy atom. The summed E-state index contributed by atoms with van der Waals surface area (Å²) in [5.41, 5.74) is 0.145. The molecule has 0 aromatic heterocycles. The Kier molecular flexibility index (Phi) is 18.4. The number of carbonyl (C=O) groups is 1. The molecule has 4 aliphatic heterocycles. The van der Waals surface area contributed by atoms with Gasteiger partial charge in [-0.3, -0.25) is 4.79 Å². The van der Waals surface area contributed by atoms with Crippen molar-refractivity contribution >= 4 is 24.1 Å². The molecular weight excluding hydrogens is 1050 g/mol. The van der Waals surface area contributed by atoms with E-state index in [1.165, 1.54) is 93.1 Å². The van der Waals surface area contributed by atoms with Crippen LogP contribution in [0.3, 0.4) is 0 Å². The van der Waals surface area contributed by atoms with E-state index in [9.17, 15) is 75.7 Å². The topological polar surface area (TPSA) is 404 Å². The van der Waals surface area contributed by atoms with E-state index in [2.05, 4.69) is 0 Å². The van der Waals surface area contributed by atoms with Gasteiger partial charge in [-0.05, 0) is 77.9 Å². The Balaban J connectivity index is 1.17. The second kappa shape index (κ2) is 25.1. The normalized spacial score (nSPS) is 29.1. The maximum Gasteiger partial charge on any atom is 0.510 e. The molecule has 0 bridgehead atoms. The first-order valence-electron chi connectivity index (χ1n) is 24.1. The highest BCUT2D eigenvalue weighted by Crippen LogP contribution is 2.44. The number of ether oxygens (including phenoxy) is 10. The Hall–Kier alpha value is -7.41. The fraction of sp³-hybridized carbons (Fsp3) is 0.377. The van der Waals surface area contributed by atoms with Crippen LogP contribution in [0.5, 0.6) is 40.2 Å². The summed E-state index contributed by atoms with van der Waals surface area (Å²) in [6.07, 6.45) is -23.6. The molecule has 0 saturated carbocycles. The van der Waals surface area contributed by atoms with E-state index in [1.807, 2.05) is 0 Å². The Morgan fingerprint density at radius 2 is 1.15 bits per heavy atom. The SMILES string of the molecule is COc1cc(C=CC(=O)O[C@H]2[C@H](O[C@H]3[C@H](Oc4cc5c(O[C@@H]6O[C@H](CO)[C@@H](O)[C@H](O)[C@H]6O)cc(=O)cc-5oc4-c4ccc(O)cc4)O[C@H](COC(=[OH+])C=Cc4ccc(O)c(OC)c4)[C@@H](O)[C@@H]3O)O[C@H](CO)[C@@H](O)[C@@H]2O)ccc1O. The van der Waals surface area contributed by atoms with Crippen LogP contribution in [0.15, 0.2) is 100 Å². The van der Waals surface area contributed by atoms with Crippen molar-refractivity contribution in [1.29, 1.82) is 0 Å². The van der Waals surface area contributed by atoms with Crippen molar-refractivity contribution in [3.63, 3.8) is 0 Å². The minimum absolute atomic E-state index is 0.0732. The van der Waals surface area contributed by atoms with Gasteiger partial charge in [0, 0.05) is 23.8 Å². The summed E-state index contributed by atoms with van der Waals surface area (Å²) in [4.78, 5) is 37.4. The molecule has 0 unspecified atom stereocenters. The average molecular weight is 1110 g/mol. The van der Waals surface area contributed by atoms with Crippen LogP contribution in [0.25, 0.3) is 34.8 Å². The number of phenolic OH excluding ortho intramolecular Hbond substituents is 3. The first-order chi connectivity index (χ1) is 37.8. The van der Waals surface area contributed by atoms with Crippen LogP contribution in [0.2, 0.25) is 0 Å². The van der Waals surface area contributed by atoms with E-state index in [-0.39, 0.29) is 62.9 Å². The van der Waals surface area contributed by atoms with Crippen molar-refractivity contribution in [2.45, 2.75) is 92.1 Å². The summed E-state index contributed by atoms with van der Waals surface area (Å²) in [5.74, 6) is -3.35. The van der Waals surface area contributed by atoms with Gasteiger partial charge in [0.25, 0.3) is 0 Å². The number of fused-ring (bicyclic) bond motifs is 1. The first-order valence-corrected chi connectivity index (χ1v) is 24.1. The highest BCUT2D eigenvalue weighted by Gasteiger charge is 2.54. The molecule has 1 aliphatic carbocycles. The first kappa shape index (κ1) is 57.8. The van der Waals surface area contributed by atoms with Gasteiger partial charge >= 0.3 is 11.9 Å². The van der Waals surface area contributed by atoms with E-state index < -0.39 is 129 Å². The van der Waals surface area contributed by atoms with Crippen molar-refractivity contribution in [2.24, 2.45) is 0 Å². The second-order valence-corrected chi connectivity index (χ2v) is 18.2. The number of aliphatic hydroxyl groups is 9. The van der Waals surface area contributed by atoms with Crippen LogP contribution in [-0.4, -0.2) is 204 Å². The molecule has 3 fully saturated rings. The third-order valence-corrected chi connectivity index (χ3v) is 12.9. The fourth-order valence-corrected chi connectivity index (χ4v) is 8.62. The number of benzene rings is 4. The standard InChI is InChI=1S/C53H56O26/c1-69-33-15-23(3-11-29(33)58)5-13-39(60)71-22-38-43(64)46(67)50(79-53-49(45(66)42(63)37(21-55)76-53)78-40(61)14-6-24-4-12-30(59)34(16-24)70-2)52(77-38)74-35-19-28-31(72-48(35)25-7-9-26(56)10-8-25)17-27(57)18-32(28)73-51-47(68)44(65)41(62)36(20-54)75-51/h3-19,36-38,41-47,49-56,58-59,62-68H,20-22H2,1-2H3/p+1/t36-,37-,38-,41-,42-,43-,44+,45+,46+,47-,49-,50-,51-,52-,53+/m1/s1. The van der Waals surface area contributed by atoms with Crippen molar-refractivity contribution < 1.29 is 123 Å². The number of rotatable bonds is 18. The van der Waals surface area contributed by atoms with Gasteiger partial charge in [-0.25, -0.2) is 4.79 Å². The van der Waals surface area contributed by atoms with Gasteiger partial charge in [0.1, 0.15) is 72.2 Å². The highest BCUT2D eigenvalue weighted by molar-refractivity contribution is 5.88. The van der Waals surface area contributed by atoms with Gasteiger partial charge in [0.2, 0.25) is 19.2 Å². The molecule has 0 spiro atoms. The lowest BCUT2D eigenvalue weighted by Gasteiger charge is -2.46. The van der Waals surface area contributed by atoms with Crippen LogP contribution in [0.4, 0.5) is 0 Å². The van der Waals surface area contributed by atoms with Gasteiger partial charge in [0.05, 0.1) is 39.1 Å². The Labute approximate surface area is 447 Å². The lowest BCUT2D eigenvalue weighted by Crippen LogP contribution is -2.65. The summed E-state index contributed by atoms with van der Waals surface area (Å²) in [5, 5.41) is 128. The summed E-state index contributed by atoms with van der Waals surface area (Å²) in [6, 6.07) is 17.0. The molecule has 79 heavy (non-hydrogen) atoms. The van der Waals surface area contributed by atoms with Gasteiger partial charge < -0.3 is 118 Å². The number of esters is 2. The molecule has 4 heterocycles. The molecular formula is C53H57O26+. The summed E-state index contributed by atoms with van der Waals surface area (Å²) in [6.45, 7) is -2.48. The molecule has 13 N–H and O–H groups in total. The van der Waals surface area contributed by atoms with Crippen LogP contribution >= 0.6 is 0 Å². The van der Waals surface area contributed by atoms with Gasteiger partial charge in [-0.1, -0.05) is 12.1 Å². The predicted octanol–water partition coefficient (Wildman–Crippen LogP) is -0.768. The summed E-state index contributed by atoms with van der Waals surface area (Å²) < 4.78 is 63.8. The third-order valence-electron chi connectivity index (χ3n) is 12.9. The molecule has 15 atom stereocenters. The zero-order valence-electron chi connectivity index (χ0n) is 41.7. The summed E-state index contributed by atoms with van der Waals surface area (Å²) in [7, 11) is 2.65. The van der Waals surface area contributed by atoms with Crippen LogP contribution in [0, 0.1) is 0 Å². The molecule has 0 amide bonds. The van der Waals surface area contributed by atoms with Crippen molar-refractivity contribution in [2.75, 3.05) is 34.0 Å². The number of hydrogen-bond donors (Lipinski definition) is 12. The zero-order chi connectivity index (χ0) is 56.8. The molecule has 3 saturated heterocycles. The van der Waals surface area contributed by atoms with Crippen molar-refractivity contribution in [3.8, 4) is 62.9 Å². The monoisotopic (exact) mass is 1110 g/mol. The van der Waals surface area contributed by atoms with Crippen molar-refractivity contribution in [3.05, 3.63) is 112 Å². The molecule has 3 aromatic carbocycles. The van der Waals surface area contributed by atoms with Gasteiger partial charge in [-0.2, -0.15) is 0 Å². The number of aliphatic hydroxyl groups excluding tert-OH is 9. The average Bonchev–Trinajstić information content (AvgIpc) is 3.64. The van der Waals surface area contributed by atoms with E-state index in [0.29, 0.717) is 11.1 Å². The second-order valence-electron chi connectivity index (χ2n) is 18.2. The molecule has 26 nitrogen and oxygen atoms in total. The summed E-state index contributed by atoms with van der Waals surface area (Å²) >= 11 is 0. The Bertz CT molecular complexity index is 2990. The third kappa shape index (κ3) is 13.0. The highest BCUT2D eigenvalue weighted by atomic mass is 16.8. The molecule has 5 aliphatic rings. The van der Waals surface area contributed by atoms with E-state index >= 15 is 0 Å². The number of hydrogen-bond acceptors (Lipinski definition) is 25. The number of methoxy groups -OCH3 is 2. The molecule has 26 heteroatoms. The minimum Gasteiger partial charge on any atom is -0.508 e. The Morgan fingerprint density at radius 3 is 1.77 bits per heavy atom. The van der Waals surface area contributed by atoms with Crippen molar-refractivity contribution in [1.82, 2.24) is 0 Å². The van der Waals surface area contributed by atoms with E-state index in [1.54, 1.807) is 0 Å². The molecule has 3 aromatic rings. The lowest BCUT2D eigenvalue weighted by molar-refractivity contribution is -0.358. The molecule has 424 valence electrons. The lowest BCUT2D eigenvalue weighted by atomic mass is 9.97. The van der Waals surface area contributed by atoms with Gasteiger partial charge in [0.15, 0.2) is 64.5 Å². The smallest absolute Gasteiger partial charge is 0.508 e. The van der Waals surface area contributed by atoms with Gasteiger partial charge in [-0.15, -0.1) is 0 Å². The molecule has 8 rings (SSSR count). The largest absolute Gasteiger partial charge is 0.510 e. The zero-order valence-corrected chi connectivity index (χ0v) is 41.7.